The molecule has 4 rings (SSSR count). The minimum Gasteiger partial charge on any atom is -0.377 e. The molecule has 10 nitrogen and oxygen atoms in total. The molecule has 1 amide bonds. The molecule has 0 bridgehead atoms. The number of nitrogens with zero attached hydrogens (tertiary/aromatic N) is 3. The number of nitrogens with two attached hydrogens (primary N) is 3. The van der Waals surface area contributed by atoms with Gasteiger partial charge in [-0.05, 0) is 74.0 Å². The van der Waals surface area contributed by atoms with Gasteiger partial charge in [0.1, 0.15) is 0 Å². The SMILES string of the molecule is CN(C)c1cc(C2CCN(Cc3cccc(S(=O)(=O)N4CCC(N)CC4)c3)CC2)ccc1C(N)NCCC(N)=O. The van der Waals surface area contributed by atoms with Crippen LogP contribution in [0.15, 0.2) is 47.4 Å². The van der Waals surface area contributed by atoms with Gasteiger partial charge in [0.15, 0.2) is 0 Å². The molecule has 2 heterocycles. The normalized spacial score (nSPS) is 19.0. The number of hydrogen-bond donors (Lipinski definition) is 4. The molecule has 1 unspecified atom stereocenters. The van der Waals surface area contributed by atoms with Crippen LogP contribution in [0.3, 0.4) is 0 Å². The van der Waals surface area contributed by atoms with Crippen LogP contribution < -0.4 is 27.4 Å². The molecule has 1 atom stereocenters. The summed E-state index contributed by atoms with van der Waals surface area (Å²) in [5.41, 5.74) is 22.0. The Morgan fingerprint density at radius 1 is 1.05 bits per heavy atom. The largest absolute Gasteiger partial charge is 0.377 e. The molecule has 40 heavy (non-hydrogen) atoms. The van der Waals surface area contributed by atoms with Crippen LogP contribution in [0.4, 0.5) is 5.69 Å². The van der Waals surface area contributed by atoms with Crippen molar-refractivity contribution in [2.45, 2.75) is 61.7 Å². The van der Waals surface area contributed by atoms with Gasteiger partial charge in [0, 0.05) is 64.0 Å². The van der Waals surface area contributed by atoms with Crippen molar-refractivity contribution in [2.75, 3.05) is 51.7 Å². The zero-order valence-electron chi connectivity index (χ0n) is 23.8. The molecule has 2 saturated heterocycles. The van der Waals surface area contributed by atoms with Crippen LogP contribution in [0.25, 0.3) is 0 Å². The molecule has 0 aliphatic carbocycles. The van der Waals surface area contributed by atoms with E-state index in [0.29, 0.717) is 43.3 Å². The van der Waals surface area contributed by atoms with Crippen LogP contribution in [0.2, 0.25) is 0 Å². The van der Waals surface area contributed by atoms with Crippen molar-refractivity contribution in [1.29, 1.82) is 0 Å². The van der Waals surface area contributed by atoms with Crippen molar-refractivity contribution in [3.05, 3.63) is 59.2 Å². The molecule has 0 radical (unpaired) electrons. The van der Waals surface area contributed by atoms with E-state index in [-0.39, 0.29) is 24.5 Å². The maximum absolute atomic E-state index is 13.2. The summed E-state index contributed by atoms with van der Waals surface area (Å²) in [6.45, 7) is 4.02. The summed E-state index contributed by atoms with van der Waals surface area (Å²) in [6.07, 6.45) is 3.32. The first-order valence-corrected chi connectivity index (χ1v) is 15.6. The van der Waals surface area contributed by atoms with Crippen molar-refractivity contribution in [1.82, 2.24) is 14.5 Å². The third kappa shape index (κ3) is 7.59. The number of carbonyl (C=O) groups excluding carboxylic acids is 1. The average molecular weight is 572 g/mol. The molecule has 2 aromatic rings. The number of sulfonamides is 1. The Morgan fingerprint density at radius 2 is 1.75 bits per heavy atom. The molecule has 0 spiro atoms. The molecule has 2 fully saturated rings. The zero-order chi connectivity index (χ0) is 28.9. The Labute approximate surface area is 238 Å². The summed E-state index contributed by atoms with van der Waals surface area (Å²) >= 11 is 0. The quantitative estimate of drug-likeness (QED) is 0.297. The van der Waals surface area contributed by atoms with E-state index in [0.717, 1.165) is 49.3 Å². The van der Waals surface area contributed by atoms with Gasteiger partial charge in [-0.3, -0.25) is 15.0 Å². The lowest BCUT2D eigenvalue weighted by Gasteiger charge is -2.33. The van der Waals surface area contributed by atoms with Gasteiger partial charge in [0.2, 0.25) is 15.9 Å². The molecule has 7 N–H and O–H groups in total. The van der Waals surface area contributed by atoms with E-state index in [1.807, 2.05) is 32.3 Å². The molecule has 2 aliphatic rings. The number of hydrogen-bond acceptors (Lipinski definition) is 8. The van der Waals surface area contributed by atoms with Gasteiger partial charge in [0.05, 0.1) is 11.1 Å². The van der Waals surface area contributed by atoms with Gasteiger partial charge in [-0.2, -0.15) is 4.31 Å². The highest BCUT2D eigenvalue weighted by Gasteiger charge is 2.29. The Kier molecular flexibility index (Phi) is 10.2. The van der Waals surface area contributed by atoms with Crippen LogP contribution in [0, 0.1) is 0 Å². The van der Waals surface area contributed by atoms with Crippen molar-refractivity contribution in [2.24, 2.45) is 17.2 Å². The third-order valence-corrected chi connectivity index (χ3v) is 10.0. The average Bonchev–Trinajstić information content (AvgIpc) is 2.93. The second kappa shape index (κ2) is 13.4. The fraction of sp³-hybridized carbons (Fsp3) is 0.552. The summed E-state index contributed by atoms with van der Waals surface area (Å²) < 4.78 is 28.0. The molecule has 11 heteroatoms. The summed E-state index contributed by atoms with van der Waals surface area (Å²) in [4.78, 5) is 15.9. The number of anilines is 1. The van der Waals surface area contributed by atoms with Crippen LogP contribution >= 0.6 is 0 Å². The van der Waals surface area contributed by atoms with Crippen molar-refractivity contribution >= 4 is 21.6 Å². The maximum atomic E-state index is 13.2. The zero-order valence-corrected chi connectivity index (χ0v) is 24.6. The number of carbonyl (C=O) groups is 1. The van der Waals surface area contributed by atoms with Gasteiger partial charge in [0.25, 0.3) is 0 Å². The molecule has 220 valence electrons. The number of nitrogens with one attached hydrogen (secondary N) is 1. The highest BCUT2D eigenvalue weighted by molar-refractivity contribution is 7.89. The van der Waals surface area contributed by atoms with E-state index in [9.17, 15) is 13.2 Å². The fourth-order valence-corrected chi connectivity index (χ4v) is 7.22. The first kappa shape index (κ1) is 30.4. The predicted molar refractivity (Wildman–Crippen MR) is 159 cm³/mol. The summed E-state index contributed by atoms with van der Waals surface area (Å²) in [5.74, 6) is 0.0928. The third-order valence-electron chi connectivity index (χ3n) is 8.11. The minimum absolute atomic E-state index is 0.0854. The molecule has 2 aromatic carbocycles. The van der Waals surface area contributed by atoms with Crippen LogP contribution in [0.1, 0.15) is 60.9 Å². The van der Waals surface area contributed by atoms with Crippen molar-refractivity contribution in [3.63, 3.8) is 0 Å². The predicted octanol–water partition coefficient (Wildman–Crippen LogP) is 1.67. The first-order chi connectivity index (χ1) is 19.0. The smallest absolute Gasteiger partial charge is 0.243 e. The maximum Gasteiger partial charge on any atom is 0.243 e. The number of piperidine rings is 2. The highest BCUT2D eigenvalue weighted by atomic mass is 32.2. The first-order valence-electron chi connectivity index (χ1n) is 14.2. The highest BCUT2D eigenvalue weighted by Crippen LogP contribution is 2.33. The van der Waals surface area contributed by atoms with E-state index < -0.39 is 10.0 Å². The van der Waals surface area contributed by atoms with E-state index in [4.69, 9.17) is 17.2 Å². The number of benzene rings is 2. The Morgan fingerprint density at radius 3 is 2.40 bits per heavy atom. The lowest BCUT2D eigenvalue weighted by atomic mass is 9.88. The Hall–Kier alpha value is -2.54. The lowest BCUT2D eigenvalue weighted by molar-refractivity contribution is -0.117. The molecule has 2 aliphatic heterocycles. The van der Waals surface area contributed by atoms with E-state index >= 15 is 0 Å². The second-order valence-electron chi connectivity index (χ2n) is 11.3. The van der Waals surface area contributed by atoms with Crippen LogP contribution in [-0.2, 0) is 21.4 Å². The lowest BCUT2D eigenvalue weighted by Crippen LogP contribution is -2.42. The van der Waals surface area contributed by atoms with Crippen molar-refractivity contribution in [3.8, 4) is 0 Å². The number of likely N-dealkylation sites (tertiary alicyclic amines) is 1. The Balaban J connectivity index is 1.36. The van der Waals surface area contributed by atoms with Gasteiger partial charge >= 0.3 is 0 Å². The summed E-state index contributed by atoms with van der Waals surface area (Å²) in [6, 6.07) is 14.0. The number of rotatable bonds is 11. The van der Waals surface area contributed by atoms with Gasteiger partial charge in [-0.25, -0.2) is 8.42 Å². The number of primary amides is 1. The van der Waals surface area contributed by atoms with Crippen LogP contribution in [-0.4, -0.2) is 76.4 Å². The molecular formula is C29H45N7O3S. The van der Waals surface area contributed by atoms with E-state index in [2.05, 4.69) is 33.3 Å². The molecule has 0 saturated carbocycles. The van der Waals surface area contributed by atoms with E-state index in [1.165, 1.54) is 5.56 Å². The van der Waals surface area contributed by atoms with E-state index in [1.54, 1.807) is 10.4 Å². The minimum atomic E-state index is -3.50. The Bertz CT molecular complexity index is 1250. The van der Waals surface area contributed by atoms with Crippen LogP contribution in [0.5, 0.6) is 0 Å². The standard InChI is InChI=1S/C29H45N7O3S/c1-34(2)27-19-23(6-7-26(27)29(32)33-13-8-28(31)37)22-9-14-35(15-10-22)20-21-4-3-5-25(18-21)40(38,39)36-16-11-24(30)12-17-36/h3-7,18-19,22,24,29,33H,8-17,20,30,32H2,1-2H3,(H2,31,37). The topological polar surface area (TPSA) is 151 Å². The molecular weight excluding hydrogens is 526 g/mol. The summed E-state index contributed by atoms with van der Waals surface area (Å²) in [7, 11) is 0.517. The second-order valence-corrected chi connectivity index (χ2v) is 13.2. The fourth-order valence-electron chi connectivity index (χ4n) is 5.68. The molecule has 0 aromatic heterocycles. The van der Waals surface area contributed by atoms with Gasteiger partial charge in [-0.15, -0.1) is 0 Å². The van der Waals surface area contributed by atoms with Gasteiger partial charge in [-0.1, -0.05) is 24.3 Å². The number of amides is 1. The van der Waals surface area contributed by atoms with Gasteiger partial charge < -0.3 is 22.1 Å². The van der Waals surface area contributed by atoms with Crippen molar-refractivity contribution < 1.29 is 13.2 Å². The summed E-state index contributed by atoms with van der Waals surface area (Å²) in [5, 5.41) is 3.19. The monoisotopic (exact) mass is 571 g/mol.